The molecule has 1 atom stereocenters. The van der Waals surface area contributed by atoms with Crippen LogP contribution in [0.4, 0.5) is 4.79 Å². The number of hydrogen-bond donors (Lipinski definition) is 1. The zero-order valence-corrected chi connectivity index (χ0v) is 13.5. The molecule has 1 aromatic rings. The van der Waals surface area contributed by atoms with E-state index in [0.29, 0.717) is 0 Å². The number of hydrogen-bond acceptors (Lipinski definition) is 3. The lowest BCUT2D eigenvalue weighted by Crippen LogP contribution is -2.34. The number of carbonyl (C=O) groups is 1. The molecule has 0 aliphatic rings. The van der Waals surface area contributed by atoms with Gasteiger partial charge in [0, 0.05) is 0 Å². The predicted molar refractivity (Wildman–Crippen MR) is 78.5 cm³/mol. The molecule has 0 aromatic heterocycles. The summed E-state index contributed by atoms with van der Waals surface area (Å²) >= 11 is 3.42. The Bertz CT molecular complexity index is 454. The molecule has 1 aromatic carbocycles. The van der Waals surface area contributed by atoms with E-state index in [2.05, 4.69) is 21.2 Å². The third-order valence-electron chi connectivity index (χ3n) is 2.41. The van der Waals surface area contributed by atoms with Crippen LogP contribution in [0.2, 0.25) is 0 Å². The van der Waals surface area contributed by atoms with Crippen LogP contribution in [0.1, 0.15) is 39.3 Å². The molecule has 0 radical (unpaired) electrons. The topological polar surface area (TPSA) is 47.6 Å². The summed E-state index contributed by atoms with van der Waals surface area (Å²) in [5.74, 6) is 0.758. The molecule has 106 valence electrons. The van der Waals surface area contributed by atoms with E-state index in [9.17, 15) is 4.79 Å². The van der Waals surface area contributed by atoms with Gasteiger partial charge >= 0.3 is 6.09 Å². The van der Waals surface area contributed by atoms with Gasteiger partial charge in [0.2, 0.25) is 0 Å². The fourth-order valence-electron chi connectivity index (χ4n) is 1.52. The largest absolute Gasteiger partial charge is 0.496 e. The zero-order valence-electron chi connectivity index (χ0n) is 11.9. The standard InChI is InChI=1S/C14H20BrNO3/c1-9(16-13(17)19-14(2,3)4)10-6-7-12(18-5)11(15)8-10/h6-9H,1-5H3,(H,16,17)/t9-/m1/s1. The fourth-order valence-corrected chi connectivity index (χ4v) is 2.08. The number of ether oxygens (including phenoxy) is 2. The molecular weight excluding hydrogens is 310 g/mol. The van der Waals surface area contributed by atoms with Gasteiger partial charge in [-0.05, 0) is 61.3 Å². The molecule has 4 nitrogen and oxygen atoms in total. The molecule has 0 aliphatic heterocycles. The van der Waals surface area contributed by atoms with Gasteiger partial charge < -0.3 is 14.8 Å². The second kappa shape index (κ2) is 6.28. The van der Waals surface area contributed by atoms with Crippen LogP contribution < -0.4 is 10.1 Å². The van der Waals surface area contributed by atoms with Crippen molar-refractivity contribution in [1.29, 1.82) is 0 Å². The van der Waals surface area contributed by atoms with Gasteiger partial charge in [-0.2, -0.15) is 0 Å². The normalized spacial score (nSPS) is 12.7. The lowest BCUT2D eigenvalue weighted by Gasteiger charge is -2.22. The van der Waals surface area contributed by atoms with E-state index >= 15 is 0 Å². The van der Waals surface area contributed by atoms with Crippen LogP contribution in [0.3, 0.4) is 0 Å². The van der Waals surface area contributed by atoms with E-state index in [-0.39, 0.29) is 6.04 Å². The first-order valence-corrected chi connectivity index (χ1v) is 6.85. The molecule has 0 unspecified atom stereocenters. The Balaban J connectivity index is 2.70. The van der Waals surface area contributed by atoms with E-state index in [1.54, 1.807) is 7.11 Å². The first-order chi connectivity index (χ1) is 8.73. The minimum absolute atomic E-state index is 0.142. The van der Waals surface area contributed by atoms with E-state index in [4.69, 9.17) is 9.47 Å². The molecule has 0 spiro atoms. The molecule has 1 rings (SSSR count). The molecule has 0 aliphatic carbocycles. The molecule has 1 amide bonds. The minimum atomic E-state index is -0.496. The van der Waals surface area contributed by atoms with Gasteiger partial charge in [-0.3, -0.25) is 0 Å². The number of halogens is 1. The highest BCUT2D eigenvalue weighted by molar-refractivity contribution is 9.10. The third-order valence-corrected chi connectivity index (χ3v) is 3.03. The number of nitrogens with one attached hydrogen (secondary N) is 1. The van der Waals surface area contributed by atoms with Crippen LogP contribution in [0.5, 0.6) is 5.75 Å². The maximum absolute atomic E-state index is 11.7. The molecule has 0 saturated heterocycles. The third kappa shape index (κ3) is 5.11. The van der Waals surface area contributed by atoms with E-state index < -0.39 is 11.7 Å². The Labute approximate surface area is 122 Å². The number of carbonyl (C=O) groups excluding carboxylic acids is 1. The van der Waals surface area contributed by atoms with E-state index in [1.807, 2.05) is 45.9 Å². The van der Waals surface area contributed by atoms with Crippen LogP contribution >= 0.6 is 15.9 Å². The Morgan fingerprint density at radius 2 is 2.00 bits per heavy atom. The van der Waals surface area contributed by atoms with Crippen LogP contribution in [0.15, 0.2) is 22.7 Å². The summed E-state index contributed by atoms with van der Waals surface area (Å²) in [6, 6.07) is 5.54. The Kier molecular flexibility index (Phi) is 5.23. The molecule has 0 fully saturated rings. The van der Waals surface area contributed by atoms with Crippen LogP contribution in [0, 0.1) is 0 Å². The monoisotopic (exact) mass is 329 g/mol. The van der Waals surface area contributed by atoms with Crippen LogP contribution in [-0.4, -0.2) is 18.8 Å². The van der Waals surface area contributed by atoms with E-state index in [1.165, 1.54) is 0 Å². The number of amides is 1. The summed E-state index contributed by atoms with van der Waals surface area (Å²) in [4.78, 5) is 11.7. The smallest absolute Gasteiger partial charge is 0.408 e. The maximum Gasteiger partial charge on any atom is 0.408 e. The summed E-state index contributed by atoms with van der Waals surface area (Å²) in [6.07, 6.45) is -0.424. The van der Waals surface area contributed by atoms with Crippen molar-refractivity contribution in [1.82, 2.24) is 5.32 Å². The zero-order chi connectivity index (χ0) is 14.6. The lowest BCUT2D eigenvalue weighted by atomic mass is 10.1. The van der Waals surface area contributed by atoms with Crippen molar-refractivity contribution in [3.8, 4) is 5.75 Å². The van der Waals surface area contributed by atoms with Crippen LogP contribution in [0.25, 0.3) is 0 Å². The highest BCUT2D eigenvalue weighted by Crippen LogP contribution is 2.28. The van der Waals surface area contributed by atoms with Crippen molar-refractivity contribution in [2.24, 2.45) is 0 Å². The minimum Gasteiger partial charge on any atom is -0.496 e. The Morgan fingerprint density at radius 1 is 1.37 bits per heavy atom. The van der Waals surface area contributed by atoms with Gasteiger partial charge in [-0.15, -0.1) is 0 Å². The fraction of sp³-hybridized carbons (Fsp3) is 0.500. The molecular formula is C14H20BrNO3. The summed E-state index contributed by atoms with van der Waals surface area (Å²) in [5, 5.41) is 2.79. The van der Waals surface area contributed by atoms with Crippen molar-refractivity contribution in [2.45, 2.75) is 39.3 Å². The van der Waals surface area contributed by atoms with Crippen molar-refractivity contribution >= 4 is 22.0 Å². The van der Waals surface area contributed by atoms with Gasteiger partial charge in [-0.25, -0.2) is 4.79 Å². The second-order valence-electron chi connectivity index (χ2n) is 5.26. The number of methoxy groups -OCH3 is 1. The van der Waals surface area contributed by atoms with Gasteiger partial charge in [0.1, 0.15) is 11.4 Å². The summed E-state index contributed by atoms with van der Waals surface area (Å²) in [7, 11) is 1.61. The molecule has 0 heterocycles. The SMILES string of the molecule is COc1ccc([C@@H](C)NC(=O)OC(C)(C)C)cc1Br. The predicted octanol–water partition coefficient (Wildman–Crippen LogP) is 4.04. The summed E-state index contributed by atoms with van der Waals surface area (Å²) in [5.41, 5.74) is 0.475. The van der Waals surface area contributed by atoms with Crippen molar-refractivity contribution < 1.29 is 14.3 Å². The summed E-state index contributed by atoms with van der Waals surface area (Å²) < 4.78 is 11.2. The van der Waals surface area contributed by atoms with Crippen molar-refractivity contribution in [3.63, 3.8) is 0 Å². The van der Waals surface area contributed by atoms with E-state index in [0.717, 1.165) is 15.8 Å². The van der Waals surface area contributed by atoms with Crippen molar-refractivity contribution in [2.75, 3.05) is 7.11 Å². The number of rotatable bonds is 3. The Hall–Kier alpha value is -1.23. The number of benzene rings is 1. The highest BCUT2D eigenvalue weighted by Gasteiger charge is 2.18. The Morgan fingerprint density at radius 3 is 2.47 bits per heavy atom. The van der Waals surface area contributed by atoms with Crippen LogP contribution in [-0.2, 0) is 4.74 Å². The highest BCUT2D eigenvalue weighted by atomic mass is 79.9. The average molecular weight is 330 g/mol. The molecule has 1 N–H and O–H groups in total. The maximum atomic E-state index is 11.7. The average Bonchev–Trinajstić information content (AvgIpc) is 2.26. The van der Waals surface area contributed by atoms with Gasteiger partial charge in [0.15, 0.2) is 0 Å². The quantitative estimate of drug-likeness (QED) is 0.910. The molecule has 5 heteroatoms. The van der Waals surface area contributed by atoms with Gasteiger partial charge in [0.25, 0.3) is 0 Å². The first kappa shape index (κ1) is 15.8. The molecule has 0 bridgehead atoms. The first-order valence-electron chi connectivity index (χ1n) is 6.06. The van der Waals surface area contributed by atoms with Crippen molar-refractivity contribution in [3.05, 3.63) is 28.2 Å². The molecule has 19 heavy (non-hydrogen) atoms. The number of alkyl carbamates (subject to hydrolysis) is 1. The lowest BCUT2D eigenvalue weighted by molar-refractivity contribution is 0.0508. The van der Waals surface area contributed by atoms with Gasteiger partial charge in [-0.1, -0.05) is 6.07 Å². The second-order valence-corrected chi connectivity index (χ2v) is 6.12. The summed E-state index contributed by atoms with van der Waals surface area (Å²) in [6.45, 7) is 7.40. The molecule has 0 saturated carbocycles. The van der Waals surface area contributed by atoms with Gasteiger partial charge in [0.05, 0.1) is 17.6 Å².